The minimum atomic E-state index is -4.82. The number of hydrogen-bond donors (Lipinski definition) is 2. The number of benzene rings is 2. The van der Waals surface area contributed by atoms with Gasteiger partial charge in [0.1, 0.15) is 32.0 Å². The van der Waals surface area contributed by atoms with Crippen LogP contribution in [0.25, 0.3) is 0 Å². The molecular weight excluding hydrogens is 993 g/mol. The molecule has 0 saturated heterocycles. The molecule has 2 N–H and O–H groups in total. The van der Waals surface area contributed by atoms with Gasteiger partial charge in [0, 0.05) is 20.1 Å². The molecule has 0 amide bonds. The van der Waals surface area contributed by atoms with Crippen LogP contribution in [0.5, 0.6) is 0 Å². The van der Waals surface area contributed by atoms with Crippen molar-refractivity contribution in [2.45, 2.75) is 38.3 Å². The van der Waals surface area contributed by atoms with E-state index >= 15 is 0 Å². The molecular formula is C32H20Cl10F6N10. The van der Waals surface area contributed by atoms with E-state index in [1.807, 2.05) is 0 Å². The van der Waals surface area contributed by atoms with Gasteiger partial charge in [0.25, 0.3) is 0 Å². The average Bonchev–Trinajstić information content (AvgIpc) is 3.09. The van der Waals surface area contributed by atoms with Gasteiger partial charge in [0.15, 0.2) is 21.7 Å². The van der Waals surface area contributed by atoms with E-state index in [2.05, 4.69) is 51.0 Å². The van der Waals surface area contributed by atoms with Crippen LogP contribution >= 0.6 is 116 Å². The largest absolute Gasteiger partial charge is 0.437 e. The lowest BCUT2D eigenvalue weighted by atomic mass is 10.1. The maximum absolute atomic E-state index is 13.3. The summed E-state index contributed by atoms with van der Waals surface area (Å²) in [5.74, 6) is 0. The smallest absolute Gasteiger partial charge is 0.302 e. The number of hydrogen-bond acceptors (Lipinski definition) is 10. The Bertz CT molecular complexity index is 2110. The van der Waals surface area contributed by atoms with Crippen LogP contribution in [-0.4, -0.2) is 53.7 Å². The fourth-order valence-corrected chi connectivity index (χ4v) is 6.29. The van der Waals surface area contributed by atoms with Gasteiger partial charge in [-0.3, -0.25) is 4.98 Å². The first-order valence-corrected chi connectivity index (χ1v) is 19.0. The fraction of sp³-hybridized carbons (Fsp3) is 0.188. The Morgan fingerprint density at radius 2 is 0.879 bits per heavy atom. The molecule has 0 radical (unpaired) electrons. The van der Waals surface area contributed by atoms with Crippen molar-refractivity contribution in [1.29, 1.82) is 0 Å². The van der Waals surface area contributed by atoms with Gasteiger partial charge in [-0.15, -0.1) is 0 Å². The molecule has 0 aliphatic rings. The highest BCUT2D eigenvalue weighted by atomic mass is 35.5. The Morgan fingerprint density at radius 1 is 0.534 bits per heavy atom. The van der Waals surface area contributed by atoms with Crippen LogP contribution in [0.1, 0.15) is 48.4 Å². The fourth-order valence-electron chi connectivity index (χ4n) is 4.00. The third-order valence-corrected chi connectivity index (χ3v) is 8.94. The molecule has 0 fully saturated rings. The van der Waals surface area contributed by atoms with Crippen LogP contribution < -0.4 is 10.9 Å². The third-order valence-electron chi connectivity index (χ3n) is 6.56. The molecule has 5 aromatic rings. The summed E-state index contributed by atoms with van der Waals surface area (Å²) >= 11 is 57.0. The summed E-state index contributed by atoms with van der Waals surface area (Å²) in [4.78, 5) is 21.5. The number of alkyl halides is 6. The predicted molar refractivity (Wildman–Crippen MR) is 217 cm³/mol. The second kappa shape index (κ2) is 22.1. The molecule has 5 rings (SSSR count). The zero-order valence-corrected chi connectivity index (χ0v) is 36.1. The molecule has 310 valence electrons. The first kappa shape index (κ1) is 49.5. The first-order valence-electron chi connectivity index (χ1n) is 15.2. The van der Waals surface area contributed by atoms with Crippen LogP contribution in [0.3, 0.4) is 0 Å². The normalized spacial score (nSPS) is 13.1. The molecule has 0 aliphatic heterocycles. The van der Waals surface area contributed by atoms with E-state index in [4.69, 9.17) is 116 Å². The molecule has 0 aliphatic carbocycles. The summed E-state index contributed by atoms with van der Waals surface area (Å²) in [5.41, 5.74) is 1.86. The van der Waals surface area contributed by atoms with E-state index in [-0.39, 0.29) is 10.3 Å². The number of aromatic nitrogens is 6. The molecule has 58 heavy (non-hydrogen) atoms. The second-order valence-corrected chi connectivity index (χ2v) is 14.7. The number of nitrogens with one attached hydrogen (secondary N) is 2. The Labute approximate surface area is 375 Å². The molecule has 0 unspecified atom stereocenters. The van der Waals surface area contributed by atoms with Crippen LogP contribution in [-0.2, 0) is 0 Å². The van der Waals surface area contributed by atoms with Crippen molar-refractivity contribution in [2.24, 2.45) is 10.2 Å². The lowest BCUT2D eigenvalue weighted by Crippen LogP contribution is -2.29. The number of hydrazone groups is 2. The standard InChI is InChI=1S/2C14H9Cl4F3N4.C4H2Cl2N2/c2*1-6(8-3-2-7(15)4-9(8)16)24-25-12(14(19,20)21)11-13(18)23-10(17)5-22-11;5-3-1-7-2-4(6)8-3/h2*2-6,24H,1H3;1-2H/b25-12+;25-12-;/t2*6-;/m11./s1. The Hall–Kier alpha value is -2.90. The van der Waals surface area contributed by atoms with Gasteiger partial charge in [-0.05, 0) is 49.2 Å². The Balaban J connectivity index is 0.000000260. The minimum absolute atomic E-state index is 0.135. The third kappa shape index (κ3) is 15.3. The van der Waals surface area contributed by atoms with Crippen molar-refractivity contribution in [3.8, 4) is 0 Å². The molecule has 0 bridgehead atoms. The van der Waals surface area contributed by atoms with Gasteiger partial charge < -0.3 is 10.9 Å². The predicted octanol–water partition coefficient (Wildman–Crippen LogP) is 13.2. The molecule has 3 aromatic heterocycles. The minimum Gasteiger partial charge on any atom is -0.302 e. The summed E-state index contributed by atoms with van der Waals surface area (Å²) < 4.78 is 79.8. The number of rotatable bonds is 8. The van der Waals surface area contributed by atoms with E-state index < -0.39 is 57.6 Å². The Morgan fingerprint density at radius 3 is 1.16 bits per heavy atom. The summed E-state index contributed by atoms with van der Waals surface area (Å²) in [6.07, 6.45) is -4.89. The zero-order chi connectivity index (χ0) is 43.5. The van der Waals surface area contributed by atoms with Crippen molar-refractivity contribution >= 4 is 127 Å². The maximum atomic E-state index is 13.3. The molecule has 2 aromatic carbocycles. The maximum Gasteiger partial charge on any atom is 0.437 e. The zero-order valence-electron chi connectivity index (χ0n) is 28.6. The van der Waals surface area contributed by atoms with Gasteiger partial charge in [-0.2, -0.15) is 36.5 Å². The molecule has 0 saturated carbocycles. The van der Waals surface area contributed by atoms with Crippen molar-refractivity contribution in [1.82, 2.24) is 40.8 Å². The molecule has 0 spiro atoms. The first-order chi connectivity index (χ1) is 27.0. The van der Waals surface area contributed by atoms with E-state index in [1.165, 1.54) is 24.5 Å². The van der Waals surface area contributed by atoms with Crippen molar-refractivity contribution in [3.05, 3.63) is 135 Å². The molecule has 10 nitrogen and oxygen atoms in total. The van der Waals surface area contributed by atoms with Crippen LogP contribution in [0.4, 0.5) is 26.3 Å². The van der Waals surface area contributed by atoms with E-state index in [0.717, 1.165) is 12.4 Å². The van der Waals surface area contributed by atoms with E-state index in [0.29, 0.717) is 41.5 Å². The topological polar surface area (TPSA) is 126 Å². The van der Waals surface area contributed by atoms with Gasteiger partial charge >= 0.3 is 12.4 Å². The van der Waals surface area contributed by atoms with Crippen LogP contribution in [0, 0.1) is 0 Å². The average molecular weight is 1010 g/mol. The summed E-state index contributed by atoms with van der Waals surface area (Å²) in [7, 11) is 0. The second-order valence-electron chi connectivity index (χ2n) is 10.8. The van der Waals surface area contributed by atoms with Gasteiger partial charge in [-0.25, -0.2) is 24.9 Å². The van der Waals surface area contributed by atoms with E-state index in [9.17, 15) is 26.3 Å². The van der Waals surface area contributed by atoms with Crippen molar-refractivity contribution in [3.63, 3.8) is 0 Å². The highest BCUT2D eigenvalue weighted by Gasteiger charge is 2.41. The summed E-state index contributed by atoms with van der Waals surface area (Å²) in [6.45, 7) is 3.17. The summed E-state index contributed by atoms with van der Waals surface area (Å²) in [5, 5.41) is 7.57. The van der Waals surface area contributed by atoms with Crippen LogP contribution in [0.15, 0.2) is 71.4 Å². The highest BCUT2D eigenvalue weighted by molar-refractivity contribution is 6.37. The van der Waals surface area contributed by atoms with Gasteiger partial charge in [0.05, 0.1) is 36.9 Å². The lowest BCUT2D eigenvalue weighted by molar-refractivity contribution is -0.0596. The monoisotopic (exact) mass is 1010 g/mol. The van der Waals surface area contributed by atoms with E-state index in [1.54, 1.807) is 38.1 Å². The molecule has 3 heterocycles. The SMILES string of the molecule is C[C@@H](N/N=C(/c1ncc(Cl)nc1Cl)C(F)(F)F)c1ccc(Cl)cc1Cl.C[C@@H](N/N=C(\c1ncc(Cl)nc1Cl)C(F)(F)F)c1ccc(Cl)cc1Cl.Clc1cncc(Cl)n1. The van der Waals surface area contributed by atoms with Crippen molar-refractivity contribution < 1.29 is 26.3 Å². The highest BCUT2D eigenvalue weighted by Crippen LogP contribution is 2.30. The molecule has 2 atom stereocenters. The quantitative estimate of drug-likeness (QED) is 0.0894. The Kier molecular flexibility index (Phi) is 18.8. The van der Waals surface area contributed by atoms with Gasteiger partial charge in [0.2, 0.25) is 0 Å². The van der Waals surface area contributed by atoms with Crippen molar-refractivity contribution in [2.75, 3.05) is 0 Å². The van der Waals surface area contributed by atoms with Gasteiger partial charge in [-0.1, -0.05) is 128 Å². The number of halogens is 16. The summed E-state index contributed by atoms with van der Waals surface area (Å²) in [6, 6.07) is 7.98. The lowest BCUT2D eigenvalue weighted by Gasteiger charge is -2.16. The number of nitrogens with zero attached hydrogens (tertiary/aromatic N) is 8. The molecule has 26 heteroatoms. The van der Waals surface area contributed by atoms with Crippen LogP contribution in [0.2, 0.25) is 51.0 Å².